The van der Waals surface area contributed by atoms with Crippen LogP contribution in [0.3, 0.4) is 0 Å². The van der Waals surface area contributed by atoms with Crippen LogP contribution in [-0.2, 0) is 19.1 Å². The van der Waals surface area contributed by atoms with Crippen LogP contribution in [0.5, 0.6) is 0 Å². The number of ether oxygens (including phenoxy) is 2. The lowest BCUT2D eigenvalue weighted by atomic mass is 9.89. The summed E-state index contributed by atoms with van der Waals surface area (Å²) in [7, 11) is 0. The Hall–Kier alpha value is -1.06. The van der Waals surface area contributed by atoms with Gasteiger partial charge in [0.1, 0.15) is 12.2 Å². The molecule has 4 nitrogen and oxygen atoms in total. The first-order valence-corrected chi connectivity index (χ1v) is 11.1. The summed E-state index contributed by atoms with van der Waals surface area (Å²) >= 11 is 0. The smallest absolute Gasteiger partial charge is 0.312 e. The lowest BCUT2D eigenvalue weighted by Crippen LogP contribution is -2.32. The van der Waals surface area contributed by atoms with Crippen LogP contribution in [0.2, 0.25) is 0 Å². The molecule has 4 heteroatoms. The van der Waals surface area contributed by atoms with Crippen LogP contribution >= 0.6 is 0 Å². The summed E-state index contributed by atoms with van der Waals surface area (Å²) in [4.78, 5) is 24.2. The van der Waals surface area contributed by atoms with Gasteiger partial charge in [0, 0.05) is 6.42 Å². The number of hydrogen-bond acceptors (Lipinski definition) is 4. The Balaban J connectivity index is 0. The van der Waals surface area contributed by atoms with Crippen molar-refractivity contribution >= 4 is 11.9 Å². The van der Waals surface area contributed by atoms with E-state index in [0.29, 0.717) is 18.8 Å². The quantitative estimate of drug-likeness (QED) is 0.443. The Kier molecular flexibility index (Phi) is 15.6. The average molecular weight is 387 g/mol. The van der Waals surface area contributed by atoms with Gasteiger partial charge >= 0.3 is 11.9 Å². The van der Waals surface area contributed by atoms with E-state index in [-0.39, 0.29) is 35.5 Å². The Morgan fingerprint density at radius 3 is 1.78 bits per heavy atom. The predicted octanol–water partition coefficient (Wildman–Crippen LogP) is 6.55. The van der Waals surface area contributed by atoms with Gasteiger partial charge in [0.25, 0.3) is 0 Å². The van der Waals surface area contributed by atoms with Crippen molar-refractivity contribution < 1.29 is 19.1 Å². The minimum Gasteiger partial charge on any atom is -0.462 e. The van der Waals surface area contributed by atoms with Crippen LogP contribution in [0.15, 0.2) is 0 Å². The van der Waals surface area contributed by atoms with Crippen molar-refractivity contribution in [2.45, 2.75) is 120 Å². The third-order valence-corrected chi connectivity index (χ3v) is 5.35. The highest BCUT2D eigenvalue weighted by molar-refractivity contribution is 5.76. The van der Waals surface area contributed by atoms with Gasteiger partial charge in [0.15, 0.2) is 0 Å². The van der Waals surface area contributed by atoms with E-state index in [0.717, 1.165) is 25.7 Å². The number of carbonyl (C=O) groups excluding carboxylic acids is 2. The lowest BCUT2D eigenvalue weighted by Gasteiger charge is -2.27. The highest BCUT2D eigenvalue weighted by Crippen LogP contribution is 2.39. The van der Waals surface area contributed by atoms with E-state index in [1.807, 2.05) is 69.2 Å². The second kappa shape index (κ2) is 14.9. The Bertz CT molecular complexity index is 397. The van der Waals surface area contributed by atoms with E-state index >= 15 is 0 Å². The first kappa shape index (κ1) is 28.2. The SMILES string of the molecule is CC.CC.CC(C)C(C)OC(=O)CCC(C)C(C)OC(=O)C1(C)CCCC1. The zero-order chi connectivity index (χ0) is 21.6. The molecule has 27 heavy (non-hydrogen) atoms. The molecule has 0 aromatic carbocycles. The number of carbonyl (C=O) groups is 2. The molecule has 0 N–H and O–H groups in total. The van der Waals surface area contributed by atoms with Gasteiger partial charge in [-0.05, 0) is 51.9 Å². The van der Waals surface area contributed by atoms with Crippen molar-refractivity contribution in [3.8, 4) is 0 Å². The van der Waals surface area contributed by atoms with E-state index < -0.39 is 0 Å². The molecular weight excluding hydrogens is 340 g/mol. The van der Waals surface area contributed by atoms with Gasteiger partial charge in [-0.15, -0.1) is 0 Å². The van der Waals surface area contributed by atoms with E-state index in [1.54, 1.807) is 0 Å². The fourth-order valence-electron chi connectivity index (χ4n) is 2.77. The Labute approximate surface area is 168 Å². The van der Waals surface area contributed by atoms with E-state index in [4.69, 9.17) is 9.47 Å². The maximum Gasteiger partial charge on any atom is 0.312 e. The van der Waals surface area contributed by atoms with Gasteiger partial charge in [-0.25, -0.2) is 0 Å². The number of hydrogen-bond donors (Lipinski definition) is 0. The van der Waals surface area contributed by atoms with Gasteiger partial charge in [0.05, 0.1) is 5.41 Å². The molecule has 0 saturated heterocycles. The predicted molar refractivity (Wildman–Crippen MR) is 114 cm³/mol. The van der Waals surface area contributed by atoms with Crippen molar-refractivity contribution in [3.63, 3.8) is 0 Å². The van der Waals surface area contributed by atoms with Crippen LogP contribution in [0.4, 0.5) is 0 Å². The molecule has 0 bridgehead atoms. The monoisotopic (exact) mass is 386 g/mol. The summed E-state index contributed by atoms with van der Waals surface area (Å²) in [6, 6.07) is 0. The number of esters is 2. The van der Waals surface area contributed by atoms with Gasteiger partial charge in [-0.1, -0.05) is 61.3 Å². The van der Waals surface area contributed by atoms with Crippen LogP contribution in [-0.4, -0.2) is 24.1 Å². The normalized spacial score (nSPS) is 18.2. The summed E-state index contributed by atoms with van der Waals surface area (Å²) in [6.45, 7) is 19.9. The van der Waals surface area contributed by atoms with Gasteiger partial charge < -0.3 is 9.47 Å². The van der Waals surface area contributed by atoms with E-state index in [9.17, 15) is 9.59 Å². The molecule has 1 saturated carbocycles. The average Bonchev–Trinajstić information content (AvgIpc) is 3.10. The van der Waals surface area contributed by atoms with Crippen molar-refractivity contribution in [1.82, 2.24) is 0 Å². The highest BCUT2D eigenvalue weighted by atomic mass is 16.5. The third-order valence-electron chi connectivity index (χ3n) is 5.35. The second-order valence-electron chi connectivity index (χ2n) is 7.83. The van der Waals surface area contributed by atoms with Crippen molar-refractivity contribution in [2.24, 2.45) is 17.3 Å². The molecule has 0 aromatic heterocycles. The zero-order valence-electron chi connectivity index (χ0n) is 19.7. The van der Waals surface area contributed by atoms with Crippen molar-refractivity contribution in [3.05, 3.63) is 0 Å². The summed E-state index contributed by atoms with van der Waals surface area (Å²) in [6.07, 6.45) is 4.88. The fraction of sp³-hybridized carbons (Fsp3) is 0.913. The summed E-state index contributed by atoms with van der Waals surface area (Å²) in [5, 5.41) is 0. The molecular formula is C23H46O4. The fourth-order valence-corrected chi connectivity index (χ4v) is 2.77. The lowest BCUT2D eigenvalue weighted by molar-refractivity contribution is -0.162. The minimum atomic E-state index is -0.306. The molecule has 162 valence electrons. The molecule has 1 rings (SSSR count). The summed E-state index contributed by atoms with van der Waals surface area (Å²) < 4.78 is 11.0. The second-order valence-corrected chi connectivity index (χ2v) is 7.83. The molecule has 3 unspecified atom stereocenters. The van der Waals surface area contributed by atoms with Gasteiger partial charge in [0.2, 0.25) is 0 Å². The first-order valence-electron chi connectivity index (χ1n) is 11.1. The first-order chi connectivity index (χ1) is 12.7. The minimum absolute atomic E-state index is 0.0598. The zero-order valence-corrected chi connectivity index (χ0v) is 19.7. The maximum atomic E-state index is 12.3. The molecule has 3 atom stereocenters. The van der Waals surface area contributed by atoms with Gasteiger partial charge in [-0.2, -0.15) is 0 Å². The standard InChI is InChI=1S/C19H34O4.2C2H6/c1-13(2)15(4)22-17(20)10-9-14(3)16(5)23-18(21)19(6)11-7-8-12-19;2*1-2/h13-16H,7-12H2,1-6H3;2*1-2H3. The molecule has 0 spiro atoms. The number of rotatable bonds is 8. The van der Waals surface area contributed by atoms with Crippen molar-refractivity contribution in [2.75, 3.05) is 0 Å². The summed E-state index contributed by atoms with van der Waals surface area (Å²) in [5.74, 6) is 0.221. The van der Waals surface area contributed by atoms with E-state index in [1.165, 1.54) is 0 Å². The molecule has 1 aliphatic rings. The van der Waals surface area contributed by atoms with E-state index in [2.05, 4.69) is 0 Å². The summed E-state index contributed by atoms with van der Waals surface area (Å²) in [5.41, 5.74) is -0.306. The van der Waals surface area contributed by atoms with Crippen LogP contribution in [0, 0.1) is 17.3 Å². The molecule has 0 aromatic rings. The van der Waals surface area contributed by atoms with Crippen LogP contribution in [0.1, 0.15) is 108 Å². The molecule has 0 radical (unpaired) electrons. The Morgan fingerprint density at radius 2 is 1.33 bits per heavy atom. The Morgan fingerprint density at radius 1 is 0.852 bits per heavy atom. The topological polar surface area (TPSA) is 52.6 Å². The molecule has 1 aliphatic carbocycles. The molecule has 1 fully saturated rings. The molecule has 0 amide bonds. The molecule has 0 heterocycles. The van der Waals surface area contributed by atoms with Crippen molar-refractivity contribution in [1.29, 1.82) is 0 Å². The largest absolute Gasteiger partial charge is 0.462 e. The van der Waals surface area contributed by atoms with Crippen LogP contribution in [0.25, 0.3) is 0 Å². The highest BCUT2D eigenvalue weighted by Gasteiger charge is 2.38. The van der Waals surface area contributed by atoms with Gasteiger partial charge in [-0.3, -0.25) is 9.59 Å². The third kappa shape index (κ3) is 10.8. The molecule has 0 aliphatic heterocycles. The van der Waals surface area contributed by atoms with Crippen LogP contribution < -0.4 is 0 Å². The maximum absolute atomic E-state index is 12.3.